The van der Waals surface area contributed by atoms with E-state index in [1.54, 1.807) is 0 Å². The van der Waals surface area contributed by atoms with E-state index in [2.05, 4.69) is 169 Å². The molecule has 0 aliphatic heterocycles. The second-order valence-electron chi connectivity index (χ2n) is 13.2. The molecule has 0 spiro atoms. The maximum absolute atomic E-state index is 6.90. The van der Waals surface area contributed by atoms with E-state index in [4.69, 9.17) is 8.83 Å². The molecule has 0 fully saturated rings. The van der Waals surface area contributed by atoms with Crippen molar-refractivity contribution in [3.05, 3.63) is 176 Å². The van der Waals surface area contributed by atoms with Crippen molar-refractivity contribution in [2.24, 2.45) is 0 Å². The minimum atomic E-state index is 0.848. The molecule has 0 aliphatic carbocycles. The molecular weight excluding hydrogens is 655 g/mol. The lowest BCUT2D eigenvalue weighted by molar-refractivity contribution is 0.669. The zero-order chi connectivity index (χ0) is 34.2. The summed E-state index contributed by atoms with van der Waals surface area (Å²) in [6, 6.07) is 62.3. The highest BCUT2D eigenvalue weighted by molar-refractivity contribution is 7.27. The van der Waals surface area contributed by atoms with Crippen LogP contribution in [0.1, 0.15) is 0 Å². The molecule has 3 aromatic heterocycles. The quantitative estimate of drug-likeness (QED) is 0.181. The Morgan fingerprint density at radius 3 is 1.81 bits per heavy atom. The van der Waals surface area contributed by atoms with Crippen molar-refractivity contribution in [3.8, 4) is 22.3 Å². The van der Waals surface area contributed by atoms with Crippen molar-refractivity contribution < 1.29 is 8.83 Å². The Morgan fingerprint density at radius 2 is 0.981 bits per heavy atom. The van der Waals surface area contributed by atoms with Crippen LogP contribution in [0.2, 0.25) is 0 Å². The number of hydrogen-bond acceptors (Lipinski definition) is 4. The lowest BCUT2D eigenvalue weighted by Crippen LogP contribution is -2.10. The third-order valence-corrected chi connectivity index (χ3v) is 11.6. The van der Waals surface area contributed by atoms with Crippen molar-refractivity contribution in [2.45, 2.75) is 0 Å². The summed E-state index contributed by atoms with van der Waals surface area (Å²) in [5, 5.41) is 6.88. The summed E-state index contributed by atoms with van der Waals surface area (Å²) < 4.78 is 15.7. The molecule has 52 heavy (non-hydrogen) atoms. The first kappa shape index (κ1) is 29.1. The average Bonchev–Trinajstić information content (AvgIpc) is 3.91. The van der Waals surface area contributed by atoms with Crippen molar-refractivity contribution >= 4 is 92.4 Å². The van der Waals surface area contributed by atoms with Crippen molar-refractivity contribution in [1.29, 1.82) is 0 Å². The molecule has 244 valence electrons. The topological polar surface area (TPSA) is 29.5 Å². The average molecular weight is 684 g/mol. The Hall–Kier alpha value is -6.62. The number of anilines is 3. The molecule has 11 rings (SSSR count). The maximum Gasteiger partial charge on any atom is 0.159 e. The summed E-state index contributed by atoms with van der Waals surface area (Å²) in [5.41, 5.74) is 11.4. The molecule has 3 heterocycles. The van der Waals surface area contributed by atoms with Crippen LogP contribution in [0.4, 0.5) is 17.1 Å². The van der Waals surface area contributed by atoms with E-state index in [9.17, 15) is 0 Å². The predicted octanol–water partition coefficient (Wildman–Crippen LogP) is 14.7. The summed E-state index contributed by atoms with van der Waals surface area (Å²) in [6.45, 7) is 0. The van der Waals surface area contributed by atoms with Crippen molar-refractivity contribution in [1.82, 2.24) is 0 Å². The summed E-state index contributed by atoms with van der Waals surface area (Å²) in [5.74, 6) is 0. The Bertz CT molecular complexity index is 3120. The number of nitrogens with zero attached hydrogens (tertiary/aromatic N) is 1. The van der Waals surface area contributed by atoms with Crippen LogP contribution in [0.3, 0.4) is 0 Å². The van der Waals surface area contributed by atoms with E-state index in [1.165, 1.54) is 36.9 Å². The lowest BCUT2D eigenvalue weighted by atomic mass is 9.99. The fourth-order valence-corrected chi connectivity index (χ4v) is 9.29. The van der Waals surface area contributed by atoms with E-state index < -0.39 is 0 Å². The van der Waals surface area contributed by atoms with Crippen LogP contribution in [0.25, 0.3) is 86.3 Å². The summed E-state index contributed by atoms with van der Waals surface area (Å²) in [7, 11) is 0. The highest BCUT2D eigenvalue weighted by Gasteiger charge is 2.24. The van der Waals surface area contributed by atoms with Gasteiger partial charge in [0.1, 0.15) is 16.7 Å². The molecule has 0 aliphatic rings. The molecule has 0 radical (unpaired) electrons. The molecule has 3 nitrogen and oxygen atoms in total. The van der Waals surface area contributed by atoms with Gasteiger partial charge in [-0.25, -0.2) is 0 Å². The second kappa shape index (κ2) is 11.5. The van der Waals surface area contributed by atoms with Gasteiger partial charge in [-0.2, -0.15) is 0 Å². The summed E-state index contributed by atoms with van der Waals surface area (Å²) >= 11 is 1.85. The van der Waals surface area contributed by atoms with Crippen LogP contribution >= 0.6 is 11.3 Å². The normalized spacial score (nSPS) is 11.8. The highest BCUT2D eigenvalue weighted by atomic mass is 32.1. The van der Waals surface area contributed by atoms with Crippen molar-refractivity contribution in [2.75, 3.05) is 4.90 Å². The molecule has 11 aromatic rings. The van der Waals surface area contributed by atoms with Gasteiger partial charge in [-0.05, 0) is 64.7 Å². The molecule has 0 atom stereocenters. The van der Waals surface area contributed by atoms with Gasteiger partial charge >= 0.3 is 0 Å². The Morgan fingerprint density at radius 1 is 0.385 bits per heavy atom. The standard InChI is InChI=1S/C48H29NO2S/c1-3-13-30(14-4-1)33-18-12-26-44-45(33)38-22-11-23-40(46(38)51-44)49(32-27-28-43-39(29-32)35-17-7-8-25-42(35)50-43)41-24-10-21-37-36-20-9-19-34(47(36)52-48(37)41)31-15-5-2-6-16-31/h1-29H. The van der Waals surface area contributed by atoms with Crippen LogP contribution in [-0.2, 0) is 0 Å². The molecule has 8 aromatic carbocycles. The van der Waals surface area contributed by atoms with E-state index in [-0.39, 0.29) is 0 Å². The molecule has 4 heteroatoms. The molecule has 0 amide bonds. The third kappa shape index (κ3) is 4.38. The first-order valence-corrected chi connectivity index (χ1v) is 18.3. The zero-order valence-electron chi connectivity index (χ0n) is 27.9. The first-order valence-electron chi connectivity index (χ1n) is 17.5. The Kier molecular flexibility index (Phi) is 6.42. The van der Waals surface area contributed by atoms with E-state index in [0.29, 0.717) is 0 Å². The van der Waals surface area contributed by atoms with E-state index >= 15 is 0 Å². The van der Waals surface area contributed by atoms with Gasteiger partial charge in [0.15, 0.2) is 5.58 Å². The van der Waals surface area contributed by atoms with Crippen molar-refractivity contribution in [3.63, 3.8) is 0 Å². The molecule has 0 unspecified atom stereocenters. The van der Waals surface area contributed by atoms with E-state index in [0.717, 1.165) is 66.5 Å². The fraction of sp³-hybridized carbons (Fsp3) is 0. The Balaban J connectivity index is 1.22. The molecule has 0 saturated heterocycles. The fourth-order valence-electron chi connectivity index (χ4n) is 7.95. The monoisotopic (exact) mass is 683 g/mol. The van der Waals surface area contributed by atoms with Crippen LogP contribution in [0, 0.1) is 0 Å². The summed E-state index contributed by atoms with van der Waals surface area (Å²) in [6.07, 6.45) is 0. The lowest BCUT2D eigenvalue weighted by Gasteiger charge is -2.26. The highest BCUT2D eigenvalue weighted by Crippen LogP contribution is 2.50. The smallest absolute Gasteiger partial charge is 0.159 e. The number of fused-ring (bicyclic) bond motifs is 9. The van der Waals surface area contributed by atoms with Crippen LogP contribution in [-0.4, -0.2) is 0 Å². The second-order valence-corrected chi connectivity index (χ2v) is 14.2. The molecule has 0 saturated carbocycles. The minimum absolute atomic E-state index is 0.848. The van der Waals surface area contributed by atoms with Crippen LogP contribution in [0.15, 0.2) is 185 Å². The number of para-hydroxylation sites is 2. The number of benzene rings is 8. The van der Waals surface area contributed by atoms with Gasteiger partial charge in [0.05, 0.1) is 16.1 Å². The number of rotatable bonds is 5. The number of thiophene rings is 1. The van der Waals surface area contributed by atoms with E-state index in [1.807, 2.05) is 23.5 Å². The third-order valence-electron chi connectivity index (χ3n) is 10.3. The Labute approximate surface area is 303 Å². The molecule has 0 N–H and O–H groups in total. The van der Waals surface area contributed by atoms with Crippen LogP contribution in [0.5, 0.6) is 0 Å². The first-order chi connectivity index (χ1) is 25.8. The largest absolute Gasteiger partial charge is 0.456 e. The van der Waals surface area contributed by atoms with Gasteiger partial charge in [0, 0.05) is 42.7 Å². The zero-order valence-corrected chi connectivity index (χ0v) is 28.7. The van der Waals surface area contributed by atoms with Gasteiger partial charge in [-0.1, -0.05) is 133 Å². The van der Waals surface area contributed by atoms with Crippen LogP contribution < -0.4 is 4.90 Å². The van der Waals surface area contributed by atoms with Gasteiger partial charge in [-0.3, -0.25) is 0 Å². The van der Waals surface area contributed by atoms with Gasteiger partial charge in [0.2, 0.25) is 0 Å². The van der Waals surface area contributed by atoms with Gasteiger partial charge < -0.3 is 13.7 Å². The van der Waals surface area contributed by atoms with Gasteiger partial charge in [-0.15, -0.1) is 11.3 Å². The molecular formula is C48H29NO2S. The maximum atomic E-state index is 6.90. The number of hydrogen-bond donors (Lipinski definition) is 0. The minimum Gasteiger partial charge on any atom is -0.456 e. The van der Waals surface area contributed by atoms with Gasteiger partial charge in [0.25, 0.3) is 0 Å². The summed E-state index contributed by atoms with van der Waals surface area (Å²) in [4.78, 5) is 2.38. The predicted molar refractivity (Wildman–Crippen MR) is 219 cm³/mol. The SMILES string of the molecule is c1ccc(-c2cccc3c2sc2c(N(c4ccc5oc6ccccc6c5c4)c4cccc5c4oc4cccc(-c6ccccc6)c45)cccc23)cc1. The molecule has 0 bridgehead atoms. The number of furan rings is 2.